The Balaban J connectivity index is 1.98. The van der Waals surface area contributed by atoms with E-state index in [2.05, 4.69) is 36.7 Å². The number of phenolic OH excluding ortho intramolecular Hbond substituents is 1. The molecule has 3 atom stereocenters. The van der Waals surface area contributed by atoms with Crippen molar-refractivity contribution in [3.8, 4) is 5.75 Å². The van der Waals surface area contributed by atoms with Crippen molar-refractivity contribution in [3.63, 3.8) is 0 Å². The minimum absolute atomic E-state index is 0.345. The highest BCUT2D eigenvalue weighted by Crippen LogP contribution is 2.42. The van der Waals surface area contributed by atoms with Crippen LogP contribution in [0.1, 0.15) is 87.6 Å². The summed E-state index contributed by atoms with van der Waals surface area (Å²) in [5.41, 5.74) is 2.87. The van der Waals surface area contributed by atoms with E-state index in [1.807, 2.05) is 13.1 Å². The number of hydrogen-bond donors (Lipinski definition) is 1. The van der Waals surface area contributed by atoms with Crippen LogP contribution in [0.4, 0.5) is 13.2 Å². The molecule has 1 aromatic heterocycles. The summed E-state index contributed by atoms with van der Waals surface area (Å²) >= 11 is 0. The molecule has 0 bridgehead atoms. The van der Waals surface area contributed by atoms with E-state index in [1.54, 1.807) is 12.4 Å². The maximum Gasteiger partial charge on any atom is 0.416 e. The lowest BCUT2D eigenvalue weighted by atomic mass is 9.82. The molecule has 0 aliphatic carbocycles. The number of alkyl halides is 3. The first-order chi connectivity index (χ1) is 16.2. The third-order valence-corrected chi connectivity index (χ3v) is 7.12. The van der Waals surface area contributed by atoms with Gasteiger partial charge in [-0.15, -0.1) is 0 Å². The standard InChI is InChI=1S/C28H37F3N2O/c1-5-7-8-20(15-19(3)6-2)16-21-12-14-33(4)27(25-18-32-13-11-23(21)25)24-10-9-22(17-26(24)34)28(29,30)31/h9-13,17-20,27,34H,5-8,14-16H2,1-4H3. The third-order valence-electron chi connectivity index (χ3n) is 7.12. The van der Waals surface area contributed by atoms with Crippen LogP contribution in [0.15, 0.2) is 42.7 Å². The van der Waals surface area contributed by atoms with Gasteiger partial charge in [-0.2, -0.15) is 13.2 Å². The van der Waals surface area contributed by atoms with E-state index in [4.69, 9.17) is 0 Å². The minimum Gasteiger partial charge on any atom is -0.508 e. The van der Waals surface area contributed by atoms with Crippen LogP contribution in [-0.4, -0.2) is 28.6 Å². The maximum absolute atomic E-state index is 13.2. The van der Waals surface area contributed by atoms with E-state index >= 15 is 0 Å². The summed E-state index contributed by atoms with van der Waals surface area (Å²) in [6, 6.07) is 4.89. The summed E-state index contributed by atoms with van der Waals surface area (Å²) < 4.78 is 39.5. The van der Waals surface area contributed by atoms with Crippen LogP contribution < -0.4 is 0 Å². The Bertz CT molecular complexity index is 986. The number of benzene rings is 1. The molecule has 1 aromatic carbocycles. The average Bonchev–Trinajstić information content (AvgIpc) is 2.93. The van der Waals surface area contributed by atoms with Crippen LogP contribution in [0.5, 0.6) is 5.75 Å². The van der Waals surface area contributed by atoms with Crippen molar-refractivity contribution in [1.82, 2.24) is 9.88 Å². The van der Waals surface area contributed by atoms with Crippen LogP contribution in [-0.2, 0) is 6.18 Å². The lowest BCUT2D eigenvalue weighted by molar-refractivity contribution is -0.137. The summed E-state index contributed by atoms with van der Waals surface area (Å²) in [7, 11) is 1.94. The highest BCUT2D eigenvalue weighted by molar-refractivity contribution is 5.70. The van der Waals surface area contributed by atoms with Crippen molar-refractivity contribution in [2.75, 3.05) is 13.6 Å². The van der Waals surface area contributed by atoms with Crippen LogP contribution in [0.25, 0.3) is 5.57 Å². The molecule has 3 nitrogen and oxygen atoms in total. The molecule has 6 heteroatoms. The Labute approximate surface area is 201 Å². The number of halogens is 3. The van der Waals surface area contributed by atoms with Crippen molar-refractivity contribution >= 4 is 5.57 Å². The molecule has 0 radical (unpaired) electrons. The highest BCUT2D eigenvalue weighted by Gasteiger charge is 2.33. The van der Waals surface area contributed by atoms with Crippen molar-refractivity contribution in [1.29, 1.82) is 0 Å². The van der Waals surface area contributed by atoms with Gasteiger partial charge in [0.15, 0.2) is 0 Å². The fourth-order valence-corrected chi connectivity index (χ4v) is 5.02. The lowest BCUT2D eigenvalue weighted by Gasteiger charge is -2.28. The van der Waals surface area contributed by atoms with Crippen LogP contribution in [0.2, 0.25) is 0 Å². The van der Waals surface area contributed by atoms with Crippen molar-refractivity contribution in [2.24, 2.45) is 11.8 Å². The highest BCUT2D eigenvalue weighted by atomic mass is 19.4. The molecule has 0 fully saturated rings. The van der Waals surface area contributed by atoms with Gasteiger partial charge in [-0.1, -0.05) is 58.6 Å². The Morgan fingerprint density at radius 3 is 2.59 bits per heavy atom. The molecular formula is C28H37F3N2O. The number of pyridine rings is 1. The number of aromatic nitrogens is 1. The van der Waals surface area contributed by atoms with Gasteiger partial charge in [-0.05, 0) is 66.6 Å². The van der Waals surface area contributed by atoms with Crippen LogP contribution >= 0.6 is 0 Å². The number of likely N-dealkylation sites (N-methyl/N-ethyl adjacent to an activating group) is 1. The van der Waals surface area contributed by atoms with E-state index < -0.39 is 11.7 Å². The predicted molar refractivity (Wildman–Crippen MR) is 131 cm³/mol. The molecule has 0 saturated carbocycles. The van der Waals surface area contributed by atoms with Gasteiger partial charge in [0.1, 0.15) is 5.75 Å². The first kappa shape index (κ1) is 26.3. The van der Waals surface area contributed by atoms with E-state index in [-0.39, 0.29) is 11.8 Å². The van der Waals surface area contributed by atoms with Gasteiger partial charge >= 0.3 is 6.18 Å². The van der Waals surface area contributed by atoms with Gasteiger partial charge in [0.05, 0.1) is 11.6 Å². The number of nitrogens with zero attached hydrogens (tertiary/aromatic N) is 2. The maximum atomic E-state index is 13.2. The molecule has 1 aliphatic rings. The minimum atomic E-state index is -4.50. The summed E-state index contributed by atoms with van der Waals surface area (Å²) in [6.07, 6.45) is 8.22. The molecule has 2 heterocycles. The zero-order valence-electron chi connectivity index (χ0n) is 20.7. The number of rotatable bonds is 9. The Kier molecular flexibility index (Phi) is 8.80. The van der Waals surface area contributed by atoms with E-state index in [1.165, 1.54) is 43.7 Å². The number of allylic oxidation sites excluding steroid dienone is 1. The fourth-order valence-electron chi connectivity index (χ4n) is 5.02. The second-order valence-electron chi connectivity index (χ2n) is 9.77. The Morgan fingerprint density at radius 2 is 1.94 bits per heavy atom. The van der Waals surface area contributed by atoms with Crippen molar-refractivity contribution in [3.05, 3.63) is 65.0 Å². The van der Waals surface area contributed by atoms with Gasteiger partial charge < -0.3 is 5.11 Å². The summed E-state index contributed by atoms with van der Waals surface area (Å²) in [4.78, 5) is 6.41. The largest absolute Gasteiger partial charge is 0.508 e. The van der Waals surface area contributed by atoms with Gasteiger partial charge in [0, 0.05) is 24.5 Å². The SMILES string of the molecule is CCCCC(CC1=CCN(C)C(c2ccc(C(F)(F)F)cc2O)c2cnccc21)CC(C)CC. The molecule has 1 N–H and O–H groups in total. The number of fused-ring (bicyclic) bond motifs is 1. The van der Waals surface area contributed by atoms with E-state index in [0.29, 0.717) is 23.9 Å². The molecular weight excluding hydrogens is 437 g/mol. The normalized spacial score (nSPS) is 18.7. The van der Waals surface area contributed by atoms with Gasteiger partial charge in [0.25, 0.3) is 0 Å². The number of aromatic hydroxyl groups is 1. The van der Waals surface area contributed by atoms with E-state index in [0.717, 1.165) is 29.7 Å². The Hall–Kier alpha value is -2.34. The third kappa shape index (κ3) is 6.21. The summed E-state index contributed by atoms with van der Waals surface area (Å²) in [5.74, 6) is 0.913. The van der Waals surface area contributed by atoms with Crippen molar-refractivity contribution in [2.45, 2.75) is 71.5 Å². The quantitative estimate of drug-likeness (QED) is 0.402. The van der Waals surface area contributed by atoms with Crippen LogP contribution in [0, 0.1) is 11.8 Å². The first-order valence-corrected chi connectivity index (χ1v) is 12.4. The number of phenols is 1. The molecule has 2 aromatic rings. The molecule has 186 valence electrons. The predicted octanol–water partition coefficient (Wildman–Crippen LogP) is 7.86. The smallest absolute Gasteiger partial charge is 0.416 e. The summed E-state index contributed by atoms with van der Waals surface area (Å²) in [6.45, 7) is 7.42. The second kappa shape index (κ2) is 11.4. The van der Waals surface area contributed by atoms with Gasteiger partial charge in [0.2, 0.25) is 0 Å². The molecule has 1 aliphatic heterocycles. The summed E-state index contributed by atoms with van der Waals surface area (Å²) in [5, 5.41) is 10.6. The molecule has 3 unspecified atom stereocenters. The van der Waals surface area contributed by atoms with E-state index in [9.17, 15) is 18.3 Å². The zero-order chi connectivity index (χ0) is 24.9. The number of hydrogen-bond acceptors (Lipinski definition) is 3. The lowest BCUT2D eigenvalue weighted by Crippen LogP contribution is -2.25. The van der Waals surface area contributed by atoms with Gasteiger partial charge in [-0.3, -0.25) is 9.88 Å². The number of unbranched alkanes of at least 4 members (excludes halogenated alkanes) is 1. The molecule has 0 spiro atoms. The topological polar surface area (TPSA) is 36.4 Å². The second-order valence-corrected chi connectivity index (χ2v) is 9.77. The molecule has 0 amide bonds. The molecule has 0 saturated heterocycles. The van der Waals surface area contributed by atoms with Crippen LogP contribution in [0.3, 0.4) is 0 Å². The Morgan fingerprint density at radius 1 is 1.18 bits per heavy atom. The first-order valence-electron chi connectivity index (χ1n) is 12.4. The zero-order valence-corrected chi connectivity index (χ0v) is 20.7. The van der Waals surface area contributed by atoms with Gasteiger partial charge in [-0.25, -0.2) is 0 Å². The fraction of sp³-hybridized carbons (Fsp3) is 0.536. The molecule has 3 rings (SSSR count). The monoisotopic (exact) mass is 474 g/mol. The average molecular weight is 475 g/mol. The van der Waals surface area contributed by atoms with Crippen molar-refractivity contribution < 1.29 is 18.3 Å². The molecule has 34 heavy (non-hydrogen) atoms.